The second-order valence-corrected chi connectivity index (χ2v) is 5.88. The van der Waals surface area contributed by atoms with Crippen LogP contribution in [0.3, 0.4) is 0 Å². The van der Waals surface area contributed by atoms with Gasteiger partial charge >= 0.3 is 0 Å². The van der Waals surface area contributed by atoms with Gasteiger partial charge in [-0.15, -0.1) is 0 Å². The summed E-state index contributed by atoms with van der Waals surface area (Å²) in [7, 11) is 0. The Balaban J connectivity index is 1.93. The van der Waals surface area contributed by atoms with E-state index in [-0.39, 0.29) is 11.4 Å². The summed E-state index contributed by atoms with van der Waals surface area (Å²) in [6.07, 6.45) is 0.690. The van der Waals surface area contributed by atoms with Crippen molar-refractivity contribution in [1.29, 1.82) is 0 Å². The average Bonchev–Trinajstić information content (AvgIpc) is 3.00. The Morgan fingerprint density at radius 3 is 2.12 bits per heavy atom. The summed E-state index contributed by atoms with van der Waals surface area (Å²) in [5.74, 6) is 0. The van der Waals surface area contributed by atoms with E-state index in [2.05, 4.69) is 0 Å². The number of rotatable bonds is 3. The Kier molecular flexibility index (Phi) is 3.32. The molecule has 0 heterocycles. The molecule has 3 aromatic carbocycles. The van der Waals surface area contributed by atoms with Crippen LogP contribution < -0.4 is 0 Å². The molecule has 3 aromatic rings. The molecule has 6 heteroatoms. The Bertz CT molecular complexity index is 1040. The Labute approximate surface area is 142 Å². The number of hydrogen-bond donors (Lipinski definition) is 0. The van der Waals surface area contributed by atoms with E-state index in [1.165, 1.54) is 17.7 Å². The zero-order valence-electron chi connectivity index (χ0n) is 13.0. The predicted molar refractivity (Wildman–Crippen MR) is 93.4 cm³/mol. The first kappa shape index (κ1) is 15.0. The topological polar surface area (TPSA) is 86.3 Å². The fraction of sp³-hybridized carbons (Fsp3) is 0.0526. The highest BCUT2D eigenvalue weighted by atomic mass is 16.6. The molecule has 0 atom stereocenters. The van der Waals surface area contributed by atoms with Crippen molar-refractivity contribution in [1.82, 2.24) is 0 Å². The smallest absolute Gasteiger partial charge is 0.258 e. The normalized spacial score (nSPS) is 11.7. The Morgan fingerprint density at radius 2 is 1.40 bits per heavy atom. The third kappa shape index (κ3) is 2.35. The molecule has 0 aliphatic heterocycles. The number of non-ortho nitro benzene ring substituents is 1. The zero-order chi connectivity index (χ0) is 17.6. The summed E-state index contributed by atoms with van der Waals surface area (Å²) in [4.78, 5) is 21.2. The van der Waals surface area contributed by atoms with Crippen molar-refractivity contribution in [2.45, 2.75) is 6.42 Å². The van der Waals surface area contributed by atoms with Gasteiger partial charge in [-0.2, -0.15) is 0 Å². The van der Waals surface area contributed by atoms with Gasteiger partial charge in [-0.25, -0.2) is 0 Å². The number of fused-ring (bicyclic) bond motifs is 3. The van der Waals surface area contributed by atoms with E-state index in [1.807, 2.05) is 42.5 Å². The molecule has 0 fully saturated rings. The van der Waals surface area contributed by atoms with Crippen LogP contribution in [0.2, 0.25) is 0 Å². The van der Waals surface area contributed by atoms with Crippen molar-refractivity contribution in [3.63, 3.8) is 0 Å². The maximum absolute atomic E-state index is 11.5. The minimum Gasteiger partial charge on any atom is -0.258 e. The van der Waals surface area contributed by atoms with Crippen LogP contribution >= 0.6 is 0 Å². The van der Waals surface area contributed by atoms with Crippen LogP contribution in [0.5, 0.6) is 0 Å². The van der Waals surface area contributed by atoms with Crippen molar-refractivity contribution < 1.29 is 9.85 Å². The van der Waals surface area contributed by atoms with E-state index in [1.54, 1.807) is 0 Å². The summed E-state index contributed by atoms with van der Waals surface area (Å²) >= 11 is 0. The van der Waals surface area contributed by atoms with Crippen LogP contribution in [-0.4, -0.2) is 9.85 Å². The largest absolute Gasteiger partial charge is 0.284 e. The van der Waals surface area contributed by atoms with Crippen molar-refractivity contribution in [3.8, 4) is 22.3 Å². The summed E-state index contributed by atoms with van der Waals surface area (Å²) in [6, 6.07) is 17.5. The van der Waals surface area contributed by atoms with Crippen LogP contribution in [0.15, 0.2) is 60.7 Å². The number of hydrogen-bond acceptors (Lipinski definition) is 4. The highest BCUT2D eigenvalue weighted by Crippen LogP contribution is 2.43. The summed E-state index contributed by atoms with van der Waals surface area (Å²) in [6.45, 7) is 0. The Morgan fingerprint density at radius 1 is 0.720 bits per heavy atom. The highest BCUT2D eigenvalue weighted by molar-refractivity contribution is 5.87. The molecule has 0 radical (unpaired) electrons. The first-order chi connectivity index (χ1) is 12.1. The first-order valence-electron chi connectivity index (χ1n) is 7.69. The lowest BCUT2D eigenvalue weighted by molar-refractivity contribution is -0.393. The quantitative estimate of drug-likeness (QED) is 0.400. The van der Waals surface area contributed by atoms with Gasteiger partial charge < -0.3 is 0 Å². The van der Waals surface area contributed by atoms with E-state index in [9.17, 15) is 20.2 Å². The molecule has 0 amide bonds. The minimum atomic E-state index is -0.623. The molecule has 25 heavy (non-hydrogen) atoms. The summed E-state index contributed by atoms with van der Waals surface area (Å²) in [5, 5.41) is 22.4. The molecule has 1 aliphatic rings. The van der Waals surface area contributed by atoms with Gasteiger partial charge in [0.15, 0.2) is 0 Å². The van der Waals surface area contributed by atoms with E-state index < -0.39 is 9.85 Å². The molecular formula is C19H12N2O4. The number of nitrogens with zero attached hydrogens (tertiary/aromatic N) is 2. The fourth-order valence-corrected chi connectivity index (χ4v) is 3.42. The van der Waals surface area contributed by atoms with Gasteiger partial charge in [0, 0.05) is 6.07 Å². The number of nitro benzene ring substituents is 2. The molecule has 0 spiro atoms. The summed E-state index contributed by atoms with van der Waals surface area (Å²) in [5.41, 5.74) is 4.99. The predicted octanol–water partition coefficient (Wildman–Crippen LogP) is 4.74. The number of nitro groups is 2. The van der Waals surface area contributed by atoms with Gasteiger partial charge in [0.25, 0.3) is 11.4 Å². The maximum atomic E-state index is 11.5. The van der Waals surface area contributed by atoms with E-state index in [0.717, 1.165) is 28.3 Å². The molecule has 4 rings (SSSR count). The van der Waals surface area contributed by atoms with Crippen molar-refractivity contribution in [2.75, 3.05) is 0 Å². The van der Waals surface area contributed by atoms with Crippen LogP contribution in [0, 0.1) is 20.2 Å². The van der Waals surface area contributed by atoms with Gasteiger partial charge in [-0.05, 0) is 40.3 Å². The highest BCUT2D eigenvalue weighted by Gasteiger charge is 2.26. The molecule has 0 bridgehead atoms. The SMILES string of the molecule is O=[N+]([O-])c1ccc(-c2cccc3c2Cc2ccccc2-3)c([N+](=O)[O-])c1. The maximum Gasteiger partial charge on any atom is 0.284 e. The van der Waals surface area contributed by atoms with Gasteiger partial charge in [0.05, 0.1) is 21.5 Å². The third-order valence-corrected chi connectivity index (χ3v) is 4.53. The zero-order valence-corrected chi connectivity index (χ0v) is 13.0. The van der Waals surface area contributed by atoms with E-state index in [0.29, 0.717) is 12.0 Å². The molecule has 0 saturated heterocycles. The molecule has 0 N–H and O–H groups in total. The fourth-order valence-electron chi connectivity index (χ4n) is 3.42. The lowest BCUT2D eigenvalue weighted by Gasteiger charge is -2.09. The lowest BCUT2D eigenvalue weighted by Crippen LogP contribution is -1.97. The lowest BCUT2D eigenvalue weighted by atomic mass is 9.94. The van der Waals surface area contributed by atoms with Crippen LogP contribution in [-0.2, 0) is 6.42 Å². The van der Waals surface area contributed by atoms with Gasteiger partial charge in [-0.3, -0.25) is 20.2 Å². The van der Waals surface area contributed by atoms with Crippen molar-refractivity contribution >= 4 is 11.4 Å². The van der Waals surface area contributed by atoms with Crippen LogP contribution in [0.4, 0.5) is 11.4 Å². The molecule has 0 aromatic heterocycles. The van der Waals surface area contributed by atoms with Crippen LogP contribution in [0.1, 0.15) is 11.1 Å². The van der Waals surface area contributed by atoms with Gasteiger partial charge in [0.2, 0.25) is 0 Å². The van der Waals surface area contributed by atoms with Gasteiger partial charge in [-0.1, -0.05) is 42.5 Å². The monoisotopic (exact) mass is 332 g/mol. The minimum absolute atomic E-state index is 0.251. The van der Waals surface area contributed by atoms with Gasteiger partial charge in [0.1, 0.15) is 0 Å². The second-order valence-electron chi connectivity index (χ2n) is 5.88. The van der Waals surface area contributed by atoms with Crippen molar-refractivity contribution in [3.05, 3.63) is 92.0 Å². The molecule has 0 unspecified atom stereocenters. The molecular weight excluding hydrogens is 320 g/mol. The third-order valence-electron chi connectivity index (χ3n) is 4.53. The molecule has 0 saturated carbocycles. The Hall–Kier alpha value is -3.54. The number of benzene rings is 3. The van der Waals surface area contributed by atoms with Crippen molar-refractivity contribution in [2.24, 2.45) is 0 Å². The average molecular weight is 332 g/mol. The van der Waals surface area contributed by atoms with E-state index >= 15 is 0 Å². The molecule has 1 aliphatic carbocycles. The van der Waals surface area contributed by atoms with E-state index in [4.69, 9.17) is 0 Å². The second kappa shape index (κ2) is 5.52. The standard InChI is InChI=1S/C19H12N2O4/c22-20(23)13-8-9-17(19(11-13)21(24)25)16-7-3-6-15-14-5-2-1-4-12(14)10-18(15)16/h1-9,11H,10H2. The van der Waals surface area contributed by atoms with Crippen LogP contribution in [0.25, 0.3) is 22.3 Å². The molecule has 6 nitrogen and oxygen atoms in total. The molecule has 122 valence electrons. The summed E-state index contributed by atoms with van der Waals surface area (Å²) < 4.78 is 0. The first-order valence-corrected chi connectivity index (χ1v) is 7.69.